The molecule has 0 spiro atoms. The van der Waals surface area contributed by atoms with Crippen LogP contribution in [0.3, 0.4) is 0 Å². The summed E-state index contributed by atoms with van der Waals surface area (Å²) in [6.45, 7) is 7.00. The molecule has 0 unspecified atom stereocenters. The van der Waals surface area contributed by atoms with Crippen LogP contribution in [0.4, 0.5) is 11.6 Å². The maximum absolute atomic E-state index is 12.8. The number of amides is 1. The molecule has 0 radical (unpaired) electrons. The number of fused-ring (bicyclic) bond motifs is 1. The van der Waals surface area contributed by atoms with E-state index >= 15 is 0 Å². The van der Waals surface area contributed by atoms with Gasteiger partial charge in [-0.2, -0.15) is 0 Å². The van der Waals surface area contributed by atoms with Crippen molar-refractivity contribution in [3.63, 3.8) is 0 Å². The van der Waals surface area contributed by atoms with Gasteiger partial charge < -0.3 is 16.0 Å². The summed E-state index contributed by atoms with van der Waals surface area (Å²) in [5.74, 6) is 0.676. The van der Waals surface area contributed by atoms with Crippen molar-refractivity contribution < 1.29 is 4.79 Å². The number of carbonyl (C=O) groups is 1. The van der Waals surface area contributed by atoms with Crippen LogP contribution in [0, 0.1) is 6.92 Å². The van der Waals surface area contributed by atoms with Crippen LogP contribution < -0.4 is 16.0 Å². The van der Waals surface area contributed by atoms with Gasteiger partial charge in [0.1, 0.15) is 5.82 Å². The largest absolute Gasteiger partial charge is 0.382 e. The third-order valence-electron chi connectivity index (χ3n) is 6.53. The third-order valence-corrected chi connectivity index (χ3v) is 6.53. The Balaban J connectivity index is 1.39. The summed E-state index contributed by atoms with van der Waals surface area (Å²) < 4.78 is 0. The van der Waals surface area contributed by atoms with Gasteiger partial charge in [-0.25, -0.2) is 15.0 Å². The number of nitrogens with zero attached hydrogens (tertiary/aromatic N) is 6. The van der Waals surface area contributed by atoms with Crippen molar-refractivity contribution in [1.82, 2.24) is 30.2 Å². The highest BCUT2D eigenvalue weighted by Gasteiger charge is 2.21. The molecule has 1 aromatic carbocycles. The van der Waals surface area contributed by atoms with Gasteiger partial charge in [-0.05, 0) is 42.7 Å². The van der Waals surface area contributed by atoms with Gasteiger partial charge in [0, 0.05) is 75.0 Å². The Kier molecular flexibility index (Phi) is 6.99. The number of pyridine rings is 2. The lowest BCUT2D eigenvalue weighted by molar-refractivity contribution is 0.0946. The highest BCUT2D eigenvalue weighted by molar-refractivity contribution is 5.96. The first-order valence-corrected chi connectivity index (χ1v) is 12.2. The van der Waals surface area contributed by atoms with Gasteiger partial charge in [0.15, 0.2) is 11.5 Å². The number of nitrogens with one attached hydrogen (secondary N) is 1. The summed E-state index contributed by atoms with van der Waals surface area (Å²) in [6, 6.07) is 12.4. The van der Waals surface area contributed by atoms with E-state index in [1.807, 2.05) is 18.5 Å². The Hall–Kier alpha value is -4.11. The van der Waals surface area contributed by atoms with Crippen LogP contribution in [0.15, 0.2) is 61.2 Å². The molecule has 4 aromatic rings. The minimum Gasteiger partial charge on any atom is -0.382 e. The Morgan fingerprint density at radius 3 is 2.69 bits per heavy atom. The van der Waals surface area contributed by atoms with E-state index in [2.05, 4.69) is 67.3 Å². The number of hydrogen-bond acceptors (Lipinski definition) is 8. The molecule has 36 heavy (non-hydrogen) atoms. The average Bonchev–Trinajstić information content (AvgIpc) is 3.13. The standard InChI is InChI=1S/C27H30N8O/c1-19-4-2-5-21-16-22(17-32-27(36)24-25(28)31-11-10-30-24)26(33-23(19)21)35-13-3-12-34(14-15-35)18-20-6-8-29-9-7-20/h2,4-11,16H,3,12-15,17-18H2,1H3,(H2,28,31)(H,32,36). The van der Waals surface area contributed by atoms with E-state index in [4.69, 9.17) is 10.7 Å². The van der Waals surface area contributed by atoms with Crippen molar-refractivity contribution in [2.24, 2.45) is 0 Å². The first-order chi connectivity index (χ1) is 17.6. The van der Waals surface area contributed by atoms with E-state index in [0.29, 0.717) is 6.54 Å². The van der Waals surface area contributed by atoms with E-state index in [0.717, 1.165) is 67.0 Å². The minimum absolute atomic E-state index is 0.115. The van der Waals surface area contributed by atoms with Crippen molar-refractivity contribution in [1.29, 1.82) is 0 Å². The Labute approximate surface area is 210 Å². The second-order valence-corrected chi connectivity index (χ2v) is 9.06. The number of nitrogens with two attached hydrogens (primary N) is 1. The van der Waals surface area contributed by atoms with Gasteiger partial charge in [0.25, 0.3) is 5.91 Å². The Morgan fingerprint density at radius 2 is 1.86 bits per heavy atom. The van der Waals surface area contributed by atoms with Crippen LogP contribution >= 0.6 is 0 Å². The number of benzene rings is 1. The van der Waals surface area contributed by atoms with Crippen molar-refractivity contribution in [2.75, 3.05) is 36.8 Å². The van der Waals surface area contributed by atoms with E-state index in [1.54, 1.807) is 0 Å². The highest BCUT2D eigenvalue weighted by atomic mass is 16.1. The monoisotopic (exact) mass is 482 g/mol. The molecule has 3 N–H and O–H groups in total. The van der Waals surface area contributed by atoms with Crippen molar-refractivity contribution in [2.45, 2.75) is 26.4 Å². The maximum atomic E-state index is 12.8. The molecule has 1 fully saturated rings. The van der Waals surface area contributed by atoms with Gasteiger partial charge in [-0.15, -0.1) is 0 Å². The first-order valence-electron chi connectivity index (χ1n) is 12.2. The van der Waals surface area contributed by atoms with Gasteiger partial charge >= 0.3 is 0 Å². The van der Waals surface area contributed by atoms with Crippen molar-refractivity contribution >= 4 is 28.4 Å². The molecule has 0 bridgehead atoms. The van der Waals surface area contributed by atoms with Crippen LogP contribution in [0.2, 0.25) is 0 Å². The predicted octanol–water partition coefficient (Wildman–Crippen LogP) is 2.95. The van der Waals surface area contributed by atoms with Gasteiger partial charge in [-0.3, -0.25) is 14.7 Å². The fourth-order valence-corrected chi connectivity index (χ4v) is 4.65. The summed E-state index contributed by atoms with van der Waals surface area (Å²) in [5.41, 5.74) is 10.3. The summed E-state index contributed by atoms with van der Waals surface area (Å²) in [7, 11) is 0. The fraction of sp³-hybridized carbons (Fsp3) is 0.296. The fourth-order valence-electron chi connectivity index (χ4n) is 4.65. The van der Waals surface area contributed by atoms with Crippen molar-refractivity contribution in [3.8, 4) is 0 Å². The normalized spacial score (nSPS) is 14.5. The van der Waals surface area contributed by atoms with Crippen LogP contribution in [0.1, 0.15) is 33.6 Å². The summed E-state index contributed by atoms with van der Waals surface area (Å²) in [5, 5.41) is 4.02. The lowest BCUT2D eigenvalue weighted by Crippen LogP contribution is -2.32. The van der Waals surface area contributed by atoms with Gasteiger partial charge in [-0.1, -0.05) is 18.2 Å². The number of rotatable bonds is 6. The van der Waals surface area contributed by atoms with E-state index in [-0.39, 0.29) is 17.4 Å². The number of para-hydroxylation sites is 1. The molecule has 1 aliphatic heterocycles. The number of aryl methyl sites for hydroxylation is 1. The minimum atomic E-state index is -0.352. The quantitative estimate of drug-likeness (QED) is 0.431. The summed E-state index contributed by atoms with van der Waals surface area (Å²) in [4.78, 5) is 34.9. The summed E-state index contributed by atoms with van der Waals surface area (Å²) in [6.07, 6.45) is 7.65. The lowest BCUT2D eigenvalue weighted by Gasteiger charge is -2.26. The van der Waals surface area contributed by atoms with E-state index in [1.165, 1.54) is 18.0 Å². The topological polar surface area (TPSA) is 113 Å². The van der Waals surface area contributed by atoms with Crippen molar-refractivity contribution in [3.05, 3.63) is 83.6 Å². The van der Waals surface area contributed by atoms with Gasteiger partial charge in [0.2, 0.25) is 0 Å². The third kappa shape index (κ3) is 5.26. The van der Waals surface area contributed by atoms with Crippen LogP contribution in [0.5, 0.6) is 0 Å². The van der Waals surface area contributed by atoms with Crippen LogP contribution in [-0.2, 0) is 13.1 Å². The average molecular weight is 483 g/mol. The number of hydrogen-bond donors (Lipinski definition) is 2. The molecule has 0 saturated carbocycles. The molecule has 3 aromatic heterocycles. The Bertz CT molecular complexity index is 1360. The molecule has 9 nitrogen and oxygen atoms in total. The molecule has 184 valence electrons. The van der Waals surface area contributed by atoms with E-state index < -0.39 is 0 Å². The van der Waals surface area contributed by atoms with Crippen LogP contribution in [-0.4, -0.2) is 56.9 Å². The second kappa shape index (κ2) is 10.7. The van der Waals surface area contributed by atoms with Gasteiger partial charge in [0.05, 0.1) is 5.52 Å². The maximum Gasteiger partial charge on any atom is 0.273 e. The van der Waals surface area contributed by atoms with Crippen LogP contribution in [0.25, 0.3) is 10.9 Å². The first kappa shape index (κ1) is 23.6. The molecule has 1 saturated heterocycles. The zero-order chi connectivity index (χ0) is 24.9. The number of anilines is 2. The molecule has 0 atom stereocenters. The second-order valence-electron chi connectivity index (χ2n) is 9.06. The molecular formula is C27H30N8O. The molecule has 1 amide bonds. The lowest BCUT2D eigenvalue weighted by atomic mass is 10.1. The molecule has 5 rings (SSSR count). The number of aromatic nitrogens is 4. The Morgan fingerprint density at radius 1 is 1.03 bits per heavy atom. The number of carbonyl (C=O) groups excluding carboxylic acids is 1. The summed E-state index contributed by atoms with van der Waals surface area (Å²) >= 11 is 0. The molecular weight excluding hydrogens is 452 g/mol. The molecule has 0 aliphatic carbocycles. The zero-order valence-corrected chi connectivity index (χ0v) is 20.4. The molecule has 4 heterocycles. The SMILES string of the molecule is Cc1cccc2cc(CNC(=O)c3nccnc3N)c(N3CCCN(Cc4ccncc4)CC3)nc12. The zero-order valence-electron chi connectivity index (χ0n) is 20.4. The predicted molar refractivity (Wildman–Crippen MR) is 140 cm³/mol. The smallest absolute Gasteiger partial charge is 0.273 e. The number of nitrogen functional groups attached to an aromatic ring is 1. The molecule has 1 aliphatic rings. The molecule has 9 heteroatoms. The van der Waals surface area contributed by atoms with E-state index in [9.17, 15) is 4.79 Å². The highest BCUT2D eigenvalue weighted by Crippen LogP contribution is 2.27.